The zero-order valence-corrected chi connectivity index (χ0v) is 18.4. The third-order valence-corrected chi connectivity index (χ3v) is 8.02. The highest BCUT2D eigenvalue weighted by molar-refractivity contribution is 7.91. The third kappa shape index (κ3) is 3.77. The predicted octanol–water partition coefficient (Wildman–Crippen LogP) is 3.77. The first kappa shape index (κ1) is 20.3. The highest BCUT2D eigenvalue weighted by Gasteiger charge is 2.38. The lowest BCUT2D eigenvalue weighted by Gasteiger charge is -2.33. The fraction of sp³-hybridized carbons (Fsp3) is 0.375. The number of rotatable bonds is 3. The number of ether oxygens (including phenoxy) is 2. The summed E-state index contributed by atoms with van der Waals surface area (Å²) in [6.45, 7) is 5.12. The van der Waals surface area contributed by atoms with E-state index in [1.165, 1.54) is 5.56 Å². The van der Waals surface area contributed by atoms with Crippen LogP contribution in [0.25, 0.3) is 6.08 Å². The Morgan fingerprint density at radius 2 is 1.90 bits per heavy atom. The standard InChI is InChI=1S/C24H25NO5S/c1-15(2)17-5-3-16(4-6-17)11-22-23(26)19-7-8-21-20(24(19)30-22)12-25(14-29-21)18-9-10-31(27,28)13-18/h3-8,11,15,18H,9-10,12-14H2,1-2H3/t18-/m0/s1. The van der Waals surface area contributed by atoms with Gasteiger partial charge in [-0.15, -0.1) is 0 Å². The van der Waals surface area contributed by atoms with Crippen LogP contribution in [0.3, 0.4) is 0 Å². The van der Waals surface area contributed by atoms with Crippen LogP contribution in [0.4, 0.5) is 0 Å². The fourth-order valence-electron chi connectivity index (χ4n) is 4.40. The lowest BCUT2D eigenvalue weighted by Crippen LogP contribution is -2.41. The van der Waals surface area contributed by atoms with Crippen LogP contribution in [0.15, 0.2) is 42.2 Å². The molecular formula is C24H25NO5S. The van der Waals surface area contributed by atoms with Gasteiger partial charge in [-0.1, -0.05) is 38.1 Å². The van der Waals surface area contributed by atoms with E-state index in [0.717, 1.165) is 11.1 Å². The number of sulfone groups is 1. The molecule has 0 aliphatic carbocycles. The minimum Gasteiger partial charge on any atom is -0.478 e. The average Bonchev–Trinajstić information content (AvgIpc) is 3.27. The van der Waals surface area contributed by atoms with E-state index in [-0.39, 0.29) is 23.3 Å². The molecule has 0 N–H and O–H groups in total. The number of carbonyl (C=O) groups is 1. The largest absolute Gasteiger partial charge is 0.478 e. The second-order valence-corrected chi connectivity index (χ2v) is 11.0. The van der Waals surface area contributed by atoms with Crippen molar-refractivity contribution < 1.29 is 22.7 Å². The second kappa shape index (κ2) is 7.50. The maximum atomic E-state index is 13.0. The first-order valence-electron chi connectivity index (χ1n) is 10.6. The van der Waals surface area contributed by atoms with Crippen molar-refractivity contribution in [2.75, 3.05) is 18.2 Å². The van der Waals surface area contributed by atoms with E-state index in [1.54, 1.807) is 18.2 Å². The molecule has 6 nitrogen and oxygen atoms in total. The summed E-state index contributed by atoms with van der Waals surface area (Å²) in [6, 6.07) is 11.6. The number of carbonyl (C=O) groups excluding carboxylic acids is 1. The Morgan fingerprint density at radius 3 is 2.58 bits per heavy atom. The SMILES string of the molecule is CC(C)c1ccc(C=C2Oc3c(ccc4c3CN([C@H]3CCS(=O)(=O)C3)CO4)C2=O)cc1. The van der Waals surface area contributed by atoms with Crippen molar-refractivity contribution in [3.05, 3.63) is 64.4 Å². The highest BCUT2D eigenvalue weighted by atomic mass is 32.2. The smallest absolute Gasteiger partial charge is 0.231 e. The molecule has 1 fully saturated rings. The Hall–Kier alpha value is -2.64. The van der Waals surface area contributed by atoms with E-state index in [2.05, 4.69) is 26.0 Å². The van der Waals surface area contributed by atoms with Gasteiger partial charge in [0.15, 0.2) is 15.6 Å². The van der Waals surface area contributed by atoms with Crippen LogP contribution in [0.5, 0.6) is 11.5 Å². The summed E-state index contributed by atoms with van der Waals surface area (Å²) >= 11 is 0. The van der Waals surface area contributed by atoms with Gasteiger partial charge in [0.05, 0.1) is 22.6 Å². The van der Waals surface area contributed by atoms with Gasteiger partial charge >= 0.3 is 0 Å². The van der Waals surface area contributed by atoms with Gasteiger partial charge in [0.2, 0.25) is 5.78 Å². The molecule has 0 aromatic heterocycles. The fourth-order valence-corrected chi connectivity index (χ4v) is 6.16. The normalized spacial score (nSPS) is 23.5. The monoisotopic (exact) mass is 439 g/mol. The Kier molecular flexibility index (Phi) is 4.90. The average molecular weight is 440 g/mol. The van der Waals surface area contributed by atoms with Crippen LogP contribution in [0.1, 0.15) is 53.2 Å². The number of ketones is 1. The zero-order valence-electron chi connectivity index (χ0n) is 17.6. The van der Waals surface area contributed by atoms with Crippen molar-refractivity contribution in [3.63, 3.8) is 0 Å². The maximum absolute atomic E-state index is 13.0. The van der Waals surface area contributed by atoms with E-state index in [9.17, 15) is 13.2 Å². The number of hydrogen-bond donors (Lipinski definition) is 0. The molecule has 2 aromatic rings. The Balaban J connectivity index is 1.42. The number of nitrogens with zero attached hydrogens (tertiary/aromatic N) is 1. The number of benzene rings is 2. The minimum absolute atomic E-state index is 0.0689. The van der Waals surface area contributed by atoms with Gasteiger partial charge < -0.3 is 9.47 Å². The van der Waals surface area contributed by atoms with Crippen molar-refractivity contribution in [1.82, 2.24) is 4.90 Å². The summed E-state index contributed by atoms with van der Waals surface area (Å²) in [5.41, 5.74) is 3.47. The Bertz CT molecular complexity index is 1180. The van der Waals surface area contributed by atoms with E-state index in [4.69, 9.17) is 9.47 Å². The summed E-state index contributed by atoms with van der Waals surface area (Å²) in [5.74, 6) is 2.17. The molecule has 5 rings (SSSR count). The topological polar surface area (TPSA) is 72.9 Å². The van der Waals surface area contributed by atoms with E-state index in [1.807, 2.05) is 17.0 Å². The van der Waals surface area contributed by atoms with Gasteiger partial charge in [0.1, 0.15) is 18.2 Å². The van der Waals surface area contributed by atoms with Crippen LogP contribution >= 0.6 is 0 Å². The molecular weight excluding hydrogens is 414 g/mol. The van der Waals surface area contributed by atoms with Gasteiger partial charge in [0, 0.05) is 12.6 Å². The van der Waals surface area contributed by atoms with Crippen LogP contribution < -0.4 is 9.47 Å². The van der Waals surface area contributed by atoms with E-state index >= 15 is 0 Å². The van der Waals surface area contributed by atoms with Crippen molar-refractivity contribution in [2.45, 2.75) is 38.8 Å². The molecule has 3 heterocycles. The second-order valence-electron chi connectivity index (χ2n) is 8.76. The number of allylic oxidation sites excluding steroid dienone is 1. The highest BCUT2D eigenvalue weighted by Crippen LogP contribution is 2.42. The zero-order chi connectivity index (χ0) is 21.8. The molecule has 3 aliphatic heterocycles. The molecule has 0 amide bonds. The van der Waals surface area contributed by atoms with Crippen molar-refractivity contribution in [1.29, 1.82) is 0 Å². The Labute approximate surface area is 182 Å². The van der Waals surface area contributed by atoms with Gasteiger partial charge in [0.25, 0.3) is 0 Å². The molecule has 0 bridgehead atoms. The third-order valence-electron chi connectivity index (χ3n) is 6.27. The molecule has 0 spiro atoms. The first-order valence-corrected chi connectivity index (χ1v) is 12.4. The molecule has 1 atom stereocenters. The molecule has 162 valence electrons. The van der Waals surface area contributed by atoms with E-state index in [0.29, 0.717) is 48.4 Å². The maximum Gasteiger partial charge on any atom is 0.231 e. The van der Waals surface area contributed by atoms with Crippen LogP contribution in [-0.2, 0) is 16.4 Å². The minimum atomic E-state index is -2.99. The van der Waals surface area contributed by atoms with Crippen molar-refractivity contribution in [3.8, 4) is 11.5 Å². The Morgan fingerprint density at radius 1 is 1.13 bits per heavy atom. The molecule has 0 radical (unpaired) electrons. The quantitative estimate of drug-likeness (QED) is 0.678. The van der Waals surface area contributed by atoms with Crippen LogP contribution in [0.2, 0.25) is 0 Å². The molecule has 0 unspecified atom stereocenters. The van der Waals surface area contributed by atoms with Gasteiger partial charge in [-0.25, -0.2) is 8.42 Å². The summed E-state index contributed by atoms with van der Waals surface area (Å²) in [7, 11) is -2.99. The summed E-state index contributed by atoms with van der Waals surface area (Å²) in [4.78, 5) is 15.0. The van der Waals surface area contributed by atoms with Gasteiger partial charge in [-0.2, -0.15) is 0 Å². The summed E-state index contributed by atoms with van der Waals surface area (Å²) < 4.78 is 35.7. The molecule has 31 heavy (non-hydrogen) atoms. The van der Waals surface area contributed by atoms with Crippen molar-refractivity contribution in [2.24, 2.45) is 0 Å². The molecule has 3 aliphatic rings. The number of fused-ring (bicyclic) bond motifs is 3. The van der Waals surface area contributed by atoms with E-state index < -0.39 is 9.84 Å². The van der Waals surface area contributed by atoms with Crippen LogP contribution in [-0.4, -0.2) is 43.4 Å². The molecule has 0 saturated carbocycles. The molecule has 1 saturated heterocycles. The summed E-state index contributed by atoms with van der Waals surface area (Å²) in [6.07, 6.45) is 2.37. The number of hydrogen-bond acceptors (Lipinski definition) is 6. The predicted molar refractivity (Wildman–Crippen MR) is 118 cm³/mol. The first-order chi connectivity index (χ1) is 14.8. The van der Waals surface area contributed by atoms with Gasteiger partial charge in [-0.05, 0) is 41.7 Å². The van der Waals surface area contributed by atoms with Crippen molar-refractivity contribution >= 4 is 21.7 Å². The van der Waals surface area contributed by atoms with Gasteiger partial charge in [-0.3, -0.25) is 9.69 Å². The molecule has 2 aromatic carbocycles. The lowest BCUT2D eigenvalue weighted by atomic mass is 10.0. The molecule has 7 heteroatoms. The number of Topliss-reactive ketones (excluding diaryl/α,β-unsaturated/α-hetero) is 1. The lowest BCUT2D eigenvalue weighted by molar-refractivity contribution is 0.0634. The van der Waals surface area contributed by atoms with Crippen LogP contribution in [0, 0.1) is 0 Å². The summed E-state index contributed by atoms with van der Waals surface area (Å²) in [5, 5.41) is 0.